The number of nitrogens with one attached hydrogen (secondary N) is 1. The first kappa shape index (κ1) is 13.3. The second kappa shape index (κ2) is 5.66. The van der Waals surface area contributed by atoms with Crippen molar-refractivity contribution in [3.05, 3.63) is 45.8 Å². The van der Waals surface area contributed by atoms with Crippen LogP contribution in [0, 0.1) is 10.1 Å². The highest BCUT2D eigenvalue weighted by Crippen LogP contribution is 2.23. The number of anilines is 1. The Bertz CT molecular complexity index is 573. The Morgan fingerprint density at radius 3 is 3.05 bits per heavy atom. The van der Waals surface area contributed by atoms with Crippen molar-refractivity contribution in [1.82, 2.24) is 9.97 Å². The van der Waals surface area contributed by atoms with Gasteiger partial charge < -0.3 is 9.73 Å². The zero-order chi connectivity index (χ0) is 13.8. The summed E-state index contributed by atoms with van der Waals surface area (Å²) in [5, 5.41) is 13.7. The molecule has 0 aliphatic carbocycles. The second-order valence-corrected chi connectivity index (χ2v) is 4.30. The normalized spacial score (nSPS) is 12.1. The molecule has 100 valence electrons. The number of halogens is 1. The molecule has 0 aliphatic rings. The molecule has 1 unspecified atom stereocenters. The molecule has 2 rings (SSSR count). The molecule has 2 aromatic heterocycles. The molecule has 0 aromatic carbocycles. The molecule has 0 aliphatic heterocycles. The molecule has 1 N–H and O–H groups in total. The average Bonchev–Trinajstić information content (AvgIpc) is 2.81. The number of hydrogen-bond acceptors (Lipinski definition) is 6. The van der Waals surface area contributed by atoms with Crippen molar-refractivity contribution in [2.75, 3.05) is 5.32 Å². The van der Waals surface area contributed by atoms with Gasteiger partial charge in [0.25, 0.3) is 0 Å². The first-order valence-corrected chi connectivity index (χ1v) is 5.90. The third kappa shape index (κ3) is 3.41. The summed E-state index contributed by atoms with van der Waals surface area (Å²) < 4.78 is 5.21. The van der Waals surface area contributed by atoms with Crippen molar-refractivity contribution >= 4 is 23.1 Å². The second-order valence-electron chi connectivity index (χ2n) is 3.96. The standard InChI is InChI=1S/C11H11ClN4O3/c1-7(5-8-3-2-4-19-8)14-10-9(16(17)18)6-13-11(12)15-10/h2-4,6-7H,5H2,1H3,(H,13,14,15). The van der Waals surface area contributed by atoms with Crippen molar-refractivity contribution in [2.24, 2.45) is 0 Å². The van der Waals surface area contributed by atoms with Crippen LogP contribution in [0.1, 0.15) is 12.7 Å². The van der Waals surface area contributed by atoms with Gasteiger partial charge >= 0.3 is 5.69 Å². The molecule has 7 nitrogen and oxygen atoms in total. The molecule has 0 amide bonds. The van der Waals surface area contributed by atoms with Crippen LogP contribution >= 0.6 is 11.6 Å². The summed E-state index contributed by atoms with van der Waals surface area (Å²) in [6.07, 6.45) is 3.23. The van der Waals surface area contributed by atoms with Crippen LogP contribution < -0.4 is 5.32 Å². The summed E-state index contributed by atoms with van der Waals surface area (Å²) in [5.74, 6) is 0.881. The fraction of sp³-hybridized carbons (Fsp3) is 0.273. The van der Waals surface area contributed by atoms with Gasteiger partial charge in [-0.1, -0.05) is 0 Å². The molecular weight excluding hydrogens is 272 g/mol. The SMILES string of the molecule is CC(Cc1ccco1)Nc1nc(Cl)ncc1[N+](=O)[O-]. The summed E-state index contributed by atoms with van der Waals surface area (Å²) >= 11 is 5.64. The monoisotopic (exact) mass is 282 g/mol. The van der Waals surface area contributed by atoms with E-state index in [0.29, 0.717) is 6.42 Å². The zero-order valence-corrected chi connectivity index (χ0v) is 10.8. The molecule has 0 fully saturated rings. The van der Waals surface area contributed by atoms with Gasteiger partial charge in [0.2, 0.25) is 11.1 Å². The topological polar surface area (TPSA) is 94.1 Å². The van der Waals surface area contributed by atoms with E-state index in [9.17, 15) is 10.1 Å². The predicted molar refractivity (Wildman–Crippen MR) is 69.2 cm³/mol. The lowest BCUT2D eigenvalue weighted by Gasteiger charge is -2.12. The van der Waals surface area contributed by atoms with Crippen LogP contribution in [-0.2, 0) is 6.42 Å². The van der Waals surface area contributed by atoms with E-state index in [1.54, 1.807) is 12.3 Å². The van der Waals surface area contributed by atoms with Crippen molar-refractivity contribution in [3.8, 4) is 0 Å². The Kier molecular flexibility index (Phi) is 3.96. The fourth-order valence-electron chi connectivity index (χ4n) is 1.61. The Balaban J connectivity index is 2.13. The van der Waals surface area contributed by atoms with Crippen LogP contribution in [0.25, 0.3) is 0 Å². The molecule has 0 spiro atoms. The van der Waals surface area contributed by atoms with Crippen LogP contribution in [-0.4, -0.2) is 20.9 Å². The highest BCUT2D eigenvalue weighted by Gasteiger charge is 2.18. The van der Waals surface area contributed by atoms with Crippen molar-refractivity contribution < 1.29 is 9.34 Å². The van der Waals surface area contributed by atoms with Gasteiger partial charge in [-0.25, -0.2) is 4.98 Å². The van der Waals surface area contributed by atoms with E-state index < -0.39 is 4.92 Å². The van der Waals surface area contributed by atoms with Crippen molar-refractivity contribution in [2.45, 2.75) is 19.4 Å². The van der Waals surface area contributed by atoms with Crippen molar-refractivity contribution in [1.29, 1.82) is 0 Å². The van der Waals surface area contributed by atoms with E-state index >= 15 is 0 Å². The van der Waals surface area contributed by atoms with Crippen LogP contribution in [0.5, 0.6) is 0 Å². The van der Waals surface area contributed by atoms with E-state index in [4.69, 9.17) is 16.0 Å². The van der Waals surface area contributed by atoms with E-state index in [1.807, 2.05) is 13.0 Å². The molecule has 0 saturated heterocycles. The van der Waals surface area contributed by atoms with E-state index in [1.165, 1.54) is 0 Å². The fourth-order valence-corrected chi connectivity index (χ4v) is 1.74. The lowest BCUT2D eigenvalue weighted by molar-refractivity contribution is -0.384. The first-order valence-electron chi connectivity index (χ1n) is 5.52. The maximum atomic E-state index is 10.9. The highest BCUT2D eigenvalue weighted by atomic mass is 35.5. The molecule has 2 heterocycles. The number of rotatable bonds is 5. The predicted octanol–water partition coefficient (Wildman–Crippen LogP) is 2.67. The number of nitrogens with zero attached hydrogens (tertiary/aromatic N) is 3. The molecular formula is C11H11ClN4O3. The van der Waals surface area contributed by atoms with Gasteiger partial charge in [-0.15, -0.1) is 0 Å². The van der Waals surface area contributed by atoms with E-state index in [2.05, 4.69) is 15.3 Å². The van der Waals surface area contributed by atoms with Gasteiger partial charge in [0, 0.05) is 12.5 Å². The molecule has 8 heteroatoms. The number of aromatic nitrogens is 2. The summed E-state index contributed by atoms with van der Waals surface area (Å²) in [6, 6.07) is 3.52. The molecule has 19 heavy (non-hydrogen) atoms. The number of hydrogen-bond donors (Lipinski definition) is 1. The van der Waals surface area contributed by atoms with Crippen LogP contribution in [0.4, 0.5) is 11.5 Å². The lowest BCUT2D eigenvalue weighted by atomic mass is 10.2. The van der Waals surface area contributed by atoms with Gasteiger partial charge in [0.1, 0.15) is 12.0 Å². The molecule has 0 radical (unpaired) electrons. The van der Waals surface area contributed by atoms with E-state index in [-0.39, 0.29) is 22.8 Å². The van der Waals surface area contributed by atoms with E-state index in [0.717, 1.165) is 12.0 Å². The first-order chi connectivity index (χ1) is 9.06. The average molecular weight is 283 g/mol. The lowest BCUT2D eigenvalue weighted by Crippen LogP contribution is -2.19. The maximum absolute atomic E-state index is 10.9. The summed E-state index contributed by atoms with van der Waals surface area (Å²) in [5.41, 5.74) is -0.212. The Hall–Kier alpha value is -2.15. The summed E-state index contributed by atoms with van der Waals surface area (Å²) in [7, 11) is 0. The quantitative estimate of drug-likeness (QED) is 0.515. The van der Waals surface area contributed by atoms with Crippen LogP contribution in [0.3, 0.4) is 0 Å². The highest BCUT2D eigenvalue weighted by molar-refractivity contribution is 6.28. The van der Waals surface area contributed by atoms with Gasteiger partial charge in [0.05, 0.1) is 11.2 Å². The minimum Gasteiger partial charge on any atom is -0.469 e. The largest absolute Gasteiger partial charge is 0.469 e. The van der Waals surface area contributed by atoms with Gasteiger partial charge in [-0.05, 0) is 30.7 Å². The number of nitro groups is 1. The third-order valence-corrected chi connectivity index (χ3v) is 2.59. The molecule has 1 atom stereocenters. The van der Waals surface area contributed by atoms with Crippen molar-refractivity contribution in [3.63, 3.8) is 0 Å². The van der Waals surface area contributed by atoms with Gasteiger partial charge in [-0.3, -0.25) is 10.1 Å². The van der Waals surface area contributed by atoms with Gasteiger partial charge in [0.15, 0.2) is 0 Å². The summed E-state index contributed by atoms with van der Waals surface area (Å²) in [4.78, 5) is 17.7. The zero-order valence-electron chi connectivity index (χ0n) is 10.0. The minimum atomic E-state index is -0.557. The summed E-state index contributed by atoms with van der Waals surface area (Å²) in [6.45, 7) is 1.86. The molecule has 0 bridgehead atoms. The molecule has 0 saturated carbocycles. The maximum Gasteiger partial charge on any atom is 0.329 e. The Labute approximate surface area is 113 Å². The van der Waals surface area contributed by atoms with Crippen LogP contribution in [0.15, 0.2) is 29.0 Å². The van der Waals surface area contributed by atoms with Gasteiger partial charge in [-0.2, -0.15) is 4.98 Å². The Morgan fingerprint density at radius 2 is 2.42 bits per heavy atom. The smallest absolute Gasteiger partial charge is 0.329 e. The number of furan rings is 1. The third-order valence-electron chi connectivity index (χ3n) is 2.41. The minimum absolute atomic E-state index is 0.0432. The van der Waals surface area contributed by atoms with Crippen LogP contribution in [0.2, 0.25) is 5.28 Å². The Morgan fingerprint density at radius 1 is 1.63 bits per heavy atom. The molecule has 2 aromatic rings.